The Morgan fingerprint density at radius 2 is 2.14 bits per heavy atom. The normalized spacial score (nSPS) is 17.1. The first-order chi connectivity index (χ1) is 9.77. The fourth-order valence-electron chi connectivity index (χ4n) is 2.22. The van der Waals surface area contributed by atoms with Crippen LogP contribution < -0.4 is 11.1 Å². The minimum atomic E-state index is -4.49. The minimum absolute atomic E-state index is 0.0329. The molecule has 3 nitrogen and oxygen atoms in total. The molecule has 0 aliphatic heterocycles. The fraction of sp³-hybridized carbons (Fsp3) is 0.538. The lowest BCUT2D eigenvalue weighted by atomic mass is 9.84. The molecule has 0 atom stereocenters. The molecule has 1 aliphatic rings. The Morgan fingerprint density at radius 1 is 1.48 bits per heavy atom. The van der Waals surface area contributed by atoms with Crippen molar-refractivity contribution in [2.45, 2.75) is 30.2 Å². The summed E-state index contributed by atoms with van der Waals surface area (Å²) in [6, 6.07) is 2.17. The number of halogens is 3. The van der Waals surface area contributed by atoms with E-state index < -0.39 is 11.9 Å². The number of hydrogen-bond acceptors (Lipinski definition) is 4. The van der Waals surface area contributed by atoms with Crippen LogP contribution in [0.1, 0.15) is 30.5 Å². The van der Waals surface area contributed by atoms with Crippen molar-refractivity contribution in [2.75, 3.05) is 18.1 Å². The zero-order valence-corrected chi connectivity index (χ0v) is 13.1. The van der Waals surface area contributed by atoms with E-state index in [1.54, 1.807) is 11.8 Å². The van der Waals surface area contributed by atoms with Gasteiger partial charge < -0.3 is 11.1 Å². The van der Waals surface area contributed by atoms with E-state index in [4.69, 9.17) is 18.0 Å². The summed E-state index contributed by atoms with van der Waals surface area (Å²) >= 11 is 6.60. The molecule has 1 aromatic heterocycles. The summed E-state index contributed by atoms with van der Waals surface area (Å²) < 4.78 is 38.4. The quantitative estimate of drug-likeness (QED) is 0.808. The maximum absolute atomic E-state index is 12.8. The van der Waals surface area contributed by atoms with E-state index in [2.05, 4.69) is 10.3 Å². The lowest BCUT2D eigenvalue weighted by molar-refractivity contribution is -0.141. The van der Waals surface area contributed by atoms with E-state index in [9.17, 15) is 13.2 Å². The Labute approximate surface area is 130 Å². The number of thiocarbonyl (C=S) groups is 1. The smallest absolute Gasteiger partial charge is 0.389 e. The third kappa shape index (κ3) is 3.60. The number of aromatic nitrogens is 1. The van der Waals surface area contributed by atoms with E-state index in [0.29, 0.717) is 12.1 Å². The topological polar surface area (TPSA) is 50.9 Å². The SMILES string of the molecule is CSC1(CNc2nc(C(F)(F)F)ccc2C(N)=S)CCC1. The molecule has 1 aliphatic carbocycles. The molecule has 0 aromatic carbocycles. The van der Waals surface area contributed by atoms with E-state index in [1.165, 1.54) is 6.07 Å². The highest BCUT2D eigenvalue weighted by Gasteiger charge is 2.37. The molecule has 0 spiro atoms. The molecular formula is C13H16F3N3S2. The highest BCUT2D eigenvalue weighted by molar-refractivity contribution is 8.00. The Bertz CT molecular complexity index is 536. The summed E-state index contributed by atoms with van der Waals surface area (Å²) in [5.41, 5.74) is 4.95. The van der Waals surface area contributed by atoms with Crippen LogP contribution in [0.25, 0.3) is 0 Å². The maximum atomic E-state index is 12.8. The average molecular weight is 335 g/mol. The second-order valence-electron chi connectivity index (χ2n) is 5.05. The first-order valence-electron chi connectivity index (χ1n) is 6.44. The van der Waals surface area contributed by atoms with Crippen LogP contribution in [0.4, 0.5) is 19.0 Å². The maximum Gasteiger partial charge on any atom is 0.433 e. The Hall–Kier alpha value is -1.02. The van der Waals surface area contributed by atoms with Crippen LogP contribution in [-0.4, -0.2) is 27.5 Å². The molecule has 21 heavy (non-hydrogen) atoms. The number of nitrogens with zero attached hydrogens (tertiary/aromatic N) is 1. The molecule has 2 rings (SSSR count). The molecule has 116 valence electrons. The van der Waals surface area contributed by atoms with Crippen molar-refractivity contribution >= 4 is 34.8 Å². The van der Waals surface area contributed by atoms with Gasteiger partial charge in [-0.05, 0) is 31.2 Å². The van der Waals surface area contributed by atoms with Crippen molar-refractivity contribution < 1.29 is 13.2 Å². The van der Waals surface area contributed by atoms with Crippen molar-refractivity contribution in [2.24, 2.45) is 5.73 Å². The second-order valence-corrected chi connectivity index (χ2v) is 6.76. The molecule has 0 radical (unpaired) electrons. The van der Waals surface area contributed by atoms with Gasteiger partial charge in [-0.1, -0.05) is 18.6 Å². The third-order valence-corrected chi connectivity index (χ3v) is 5.37. The van der Waals surface area contributed by atoms with Crippen LogP contribution in [-0.2, 0) is 6.18 Å². The summed E-state index contributed by atoms with van der Waals surface area (Å²) in [4.78, 5) is 3.68. The van der Waals surface area contributed by atoms with Crippen molar-refractivity contribution in [1.29, 1.82) is 0 Å². The monoisotopic (exact) mass is 335 g/mol. The number of nitrogens with two attached hydrogens (primary N) is 1. The number of alkyl halides is 3. The van der Waals surface area contributed by atoms with Gasteiger partial charge in [0, 0.05) is 11.3 Å². The van der Waals surface area contributed by atoms with E-state index in [1.807, 2.05) is 6.26 Å². The van der Waals surface area contributed by atoms with Gasteiger partial charge in [0.1, 0.15) is 16.5 Å². The van der Waals surface area contributed by atoms with Gasteiger partial charge in [0.15, 0.2) is 0 Å². The van der Waals surface area contributed by atoms with Gasteiger partial charge in [-0.3, -0.25) is 0 Å². The molecule has 1 saturated carbocycles. The van der Waals surface area contributed by atoms with Gasteiger partial charge in [0.25, 0.3) is 0 Å². The lowest BCUT2D eigenvalue weighted by Gasteiger charge is -2.40. The summed E-state index contributed by atoms with van der Waals surface area (Å²) in [7, 11) is 0. The molecule has 0 saturated heterocycles. The molecule has 8 heteroatoms. The fourth-order valence-corrected chi connectivity index (χ4v) is 3.30. The van der Waals surface area contributed by atoms with Gasteiger partial charge >= 0.3 is 6.18 Å². The first kappa shape index (κ1) is 16.4. The summed E-state index contributed by atoms with van der Waals surface area (Å²) in [6.45, 7) is 0.554. The average Bonchev–Trinajstić information content (AvgIpc) is 2.36. The molecule has 0 amide bonds. The van der Waals surface area contributed by atoms with Crippen LogP contribution in [0.5, 0.6) is 0 Å². The van der Waals surface area contributed by atoms with E-state index in [-0.39, 0.29) is 15.6 Å². The van der Waals surface area contributed by atoms with Gasteiger partial charge in [0.2, 0.25) is 0 Å². The van der Waals surface area contributed by atoms with Crippen LogP contribution in [0.15, 0.2) is 12.1 Å². The zero-order valence-electron chi connectivity index (χ0n) is 11.5. The third-order valence-electron chi connectivity index (χ3n) is 3.73. The highest BCUT2D eigenvalue weighted by atomic mass is 32.2. The zero-order chi connectivity index (χ0) is 15.7. The molecule has 1 fully saturated rings. The minimum Gasteiger partial charge on any atom is -0.389 e. The lowest BCUT2D eigenvalue weighted by Crippen LogP contribution is -2.40. The van der Waals surface area contributed by atoms with E-state index >= 15 is 0 Å². The molecule has 3 N–H and O–H groups in total. The Balaban J connectivity index is 2.24. The van der Waals surface area contributed by atoms with Crippen molar-refractivity contribution in [3.8, 4) is 0 Å². The summed E-state index contributed by atoms with van der Waals surface area (Å²) in [5, 5.41) is 3.00. The van der Waals surface area contributed by atoms with Gasteiger partial charge in [-0.25, -0.2) is 4.98 Å². The van der Waals surface area contributed by atoms with Crippen LogP contribution in [0, 0.1) is 0 Å². The number of hydrogen-bond donors (Lipinski definition) is 2. The molecule has 0 unspecified atom stereocenters. The van der Waals surface area contributed by atoms with Crippen molar-refractivity contribution in [1.82, 2.24) is 4.98 Å². The predicted molar refractivity (Wildman–Crippen MR) is 83.7 cm³/mol. The van der Waals surface area contributed by atoms with Crippen molar-refractivity contribution in [3.63, 3.8) is 0 Å². The Kier molecular flexibility index (Phi) is 4.67. The highest BCUT2D eigenvalue weighted by Crippen LogP contribution is 2.42. The number of thioether (sulfide) groups is 1. The summed E-state index contributed by atoms with van der Waals surface area (Å²) in [6.07, 6.45) is 0.749. The number of anilines is 1. The largest absolute Gasteiger partial charge is 0.433 e. The summed E-state index contributed by atoms with van der Waals surface area (Å²) in [5.74, 6) is 0.109. The molecular weight excluding hydrogens is 319 g/mol. The van der Waals surface area contributed by atoms with Gasteiger partial charge in [-0.15, -0.1) is 0 Å². The second kappa shape index (κ2) is 6.00. The van der Waals surface area contributed by atoms with Crippen LogP contribution in [0.3, 0.4) is 0 Å². The number of nitrogens with one attached hydrogen (secondary N) is 1. The molecule has 0 bridgehead atoms. The van der Waals surface area contributed by atoms with Crippen LogP contribution >= 0.6 is 24.0 Å². The number of rotatable bonds is 5. The molecule has 1 heterocycles. The van der Waals surface area contributed by atoms with E-state index in [0.717, 1.165) is 25.3 Å². The van der Waals surface area contributed by atoms with Gasteiger partial charge in [0.05, 0.1) is 5.56 Å². The van der Waals surface area contributed by atoms with Gasteiger partial charge in [-0.2, -0.15) is 24.9 Å². The molecule has 1 aromatic rings. The van der Waals surface area contributed by atoms with Crippen molar-refractivity contribution in [3.05, 3.63) is 23.4 Å². The predicted octanol–water partition coefficient (Wildman–Crippen LogP) is 3.43. The standard InChI is InChI=1S/C13H16F3N3S2/c1-21-12(5-2-6-12)7-18-11-8(10(17)20)3-4-9(19-11)13(14,15)16/h3-4H,2,5-7H2,1H3,(H2,17,20)(H,18,19). The first-order valence-corrected chi connectivity index (χ1v) is 8.08. The Morgan fingerprint density at radius 3 is 2.57 bits per heavy atom. The van der Waals surface area contributed by atoms with Crippen LogP contribution in [0.2, 0.25) is 0 Å². The number of pyridine rings is 1.